The van der Waals surface area contributed by atoms with Crippen LogP contribution >= 0.6 is 27.5 Å². The quantitative estimate of drug-likeness (QED) is 0.405. The van der Waals surface area contributed by atoms with E-state index in [1.54, 1.807) is 28.8 Å². The number of halogens is 3. The Morgan fingerprint density at radius 2 is 1.97 bits per heavy atom. The zero-order chi connectivity index (χ0) is 21.7. The van der Waals surface area contributed by atoms with E-state index in [9.17, 15) is 9.18 Å². The van der Waals surface area contributed by atoms with Crippen LogP contribution < -0.4 is 11.3 Å². The van der Waals surface area contributed by atoms with Crippen molar-refractivity contribution >= 4 is 55.4 Å². The standard InChI is InChI=1S/C20H12BrClFN7O/c21-11-5-10-14(6-13(11)23)28-16(30(20(10)31)15-4-2-1-3-12(15)22)7-29-9-27-17-18(24)25-8-26-19(17)29/h1-6,8-9H,7H2,(H2,24,25,26). The second-order valence-corrected chi connectivity index (χ2v) is 7.97. The maximum absolute atomic E-state index is 14.2. The highest BCUT2D eigenvalue weighted by atomic mass is 79.9. The summed E-state index contributed by atoms with van der Waals surface area (Å²) >= 11 is 9.53. The van der Waals surface area contributed by atoms with E-state index in [1.165, 1.54) is 29.4 Å². The number of fused-ring (bicyclic) bond motifs is 2. The van der Waals surface area contributed by atoms with Gasteiger partial charge < -0.3 is 10.3 Å². The van der Waals surface area contributed by atoms with Crippen molar-refractivity contribution in [2.75, 3.05) is 5.73 Å². The van der Waals surface area contributed by atoms with Crippen LogP contribution in [-0.4, -0.2) is 29.1 Å². The Balaban J connectivity index is 1.80. The van der Waals surface area contributed by atoms with Gasteiger partial charge in [-0.25, -0.2) is 24.3 Å². The molecule has 5 aromatic rings. The number of para-hydroxylation sites is 1. The summed E-state index contributed by atoms with van der Waals surface area (Å²) in [6.45, 7) is 0.112. The molecule has 0 radical (unpaired) electrons. The Morgan fingerprint density at radius 1 is 1.16 bits per heavy atom. The number of hydrogen-bond donors (Lipinski definition) is 1. The van der Waals surface area contributed by atoms with Crippen LogP contribution in [0.5, 0.6) is 0 Å². The molecule has 0 saturated heterocycles. The molecule has 0 atom stereocenters. The smallest absolute Gasteiger partial charge is 0.266 e. The van der Waals surface area contributed by atoms with Crippen LogP contribution in [-0.2, 0) is 6.54 Å². The van der Waals surface area contributed by atoms with Crippen molar-refractivity contribution in [1.82, 2.24) is 29.1 Å². The number of rotatable bonds is 3. The molecule has 0 unspecified atom stereocenters. The van der Waals surface area contributed by atoms with Crippen LogP contribution in [0.1, 0.15) is 5.82 Å². The summed E-state index contributed by atoms with van der Waals surface area (Å²) in [4.78, 5) is 30.5. The maximum Gasteiger partial charge on any atom is 0.266 e. The molecule has 3 heterocycles. The van der Waals surface area contributed by atoms with Crippen molar-refractivity contribution in [3.63, 3.8) is 0 Å². The van der Waals surface area contributed by atoms with Gasteiger partial charge in [0.1, 0.15) is 23.5 Å². The molecule has 0 fully saturated rings. The summed E-state index contributed by atoms with van der Waals surface area (Å²) in [7, 11) is 0. The number of benzene rings is 2. The monoisotopic (exact) mass is 499 g/mol. The molecule has 0 saturated carbocycles. The number of nitrogens with zero attached hydrogens (tertiary/aromatic N) is 6. The van der Waals surface area contributed by atoms with Crippen molar-refractivity contribution in [3.8, 4) is 5.69 Å². The van der Waals surface area contributed by atoms with Crippen molar-refractivity contribution in [2.45, 2.75) is 6.54 Å². The highest BCUT2D eigenvalue weighted by molar-refractivity contribution is 9.10. The average molecular weight is 501 g/mol. The molecule has 2 aromatic carbocycles. The molecule has 3 aromatic heterocycles. The zero-order valence-electron chi connectivity index (χ0n) is 15.6. The van der Waals surface area contributed by atoms with E-state index < -0.39 is 5.82 Å². The van der Waals surface area contributed by atoms with E-state index in [1.807, 2.05) is 0 Å². The number of aromatic nitrogens is 6. The molecule has 0 bridgehead atoms. The van der Waals surface area contributed by atoms with Gasteiger partial charge in [-0.2, -0.15) is 0 Å². The van der Waals surface area contributed by atoms with Gasteiger partial charge in [-0.15, -0.1) is 0 Å². The van der Waals surface area contributed by atoms with Crippen LogP contribution in [0.15, 0.2) is 58.3 Å². The van der Waals surface area contributed by atoms with Crippen LogP contribution in [0.3, 0.4) is 0 Å². The molecule has 0 aliphatic carbocycles. The Morgan fingerprint density at radius 3 is 2.77 bits per heavy atom. The third-order valence-corrected chi connectivity index (χ3v) is 5.74. The van der Waals surface area contributed by atoms with Gasteiger partial charge in [-0.3, -0.25) is 9.36 Å². The van der Waals surface area contributed by atoms with Gasteiger partial charge in [0.25, 0.3) is 5.56 Å². The number of anilines is 1. The highest BCUT2D eigenvalue weighted by Crippen LogP contribution is 2.25. The first kappa shape index (κ1) is 19.6. The van der Waals surface area contributed by atoms with E-state index in [-0.39, 0.29) is 33.3 Å². The molecule has 0 aliphatic rings. The van der Waals surface area contributed by atoms with Gasteiger partial charge >= 0.3 is 0 Å². The van der Waals surface area contributed by atoms with Crippen LogP contribution in [0.4, 0.5) is 10.2 Å². The largest absolute Gasteiger partial charge is 0.382 e. The van der Waals surface area contributed by atoms with Gasteiger partial charge in [-0.05, 0) is 34.1 Å². The minimum atomic E-state index is -0.519. The molecule has 5 rings (SSSR count). The van der Waals surface area contributed by atoms with Crippen molar-refractivity contribution in [2.24, 2.45) is 0 Å². The molecule has 0 aliphatic heterocycles. The Hall–Kier alpha value is -3.37. The second kappa shape index (κ2) is 7.40. The van der Waals surface area contributed by atoms with Crippen molar-refractivity contribution in [3.05, 3.63) is 80.5 Å². The lowest BCUT2D eigenvalue weighted by Gasteiger charge is -2.15. The second-order valence-electron chi connectivity index (χ2n) is 6.71. The summed E-state index contributed by atoms with van der Waals surface area (Å²) in [5.41, 5.74) is 7.09. The lowest BCUT2D eigenvalue weighted by atomic mass is 10.2. The maximum atomic E-state index is 14.2. The molecule has 8 nitrogen and oxygen atoms in total. The number of imidazole rings is 1. The van der Waals surface area contributed by atoms with E-state index in [2.05, 4.69) is 35.9 Å². The molecule has 0 amide bonds. The first-order chi connectivity index (χ1) is 14.9. The van der Waals surface area contributed by atoms with Gasteiger partial charge in [0, 0.05) is 6.07 Å². The zero-order valence-corrected chi connectivity index (χ0v) is 18.0. The number of nitrogens with two attached hydrogens (primary N) is 1. The van der Waals surface area contributed by atoms with Crippen molar-refractivity contribution < 1.29 is 4.39 Å². The predicted octanol–water partition coefficient (Wildman–Crippen LogP) is 3.71. The molecular formula is C20H12BrClFN7O. The van der Waals surface area contributed by atoms with E-state index in [4.69, 9.17) is 17.3 Å². The number of nitrogen functional groups attached to an aromatic ring is 1. The summed E-state index contributed by atoms with van der Waals surface area (Å²) < 4.78 is 17.4. The van der Waals surface area contributed by atoms with E-state index in [0.29, 0.717) is 27.7 Å². The average Bonchev–Trinajstić information content (AvgIpc) is 3.15. The predicted molar refractivity (Wildman–Crippen MR) is 119 cm³/mol. The fourth-order valence-corrected chi connectivity index (χ4v) is 3.94. The van der Waals surface area contributed by atoms with Crippen LogP contribution in [0, 0.1) is 5.82 Å². The minimum absolute atomic E-state index is 0.112. The number of hydrogen-bond acceptors (Lipinski definition) is 6. The summed E-state index contributed by atoms with van der Waals surface area (Å²) in [5, 5.41) is 0.620. The lowest BCUT2D eigenvalue weighted by molar-refractivity contribution is 0.622. The molecule has 2 N–H and O–H groups in total. The Labute approximate surface area is 187 Å². The fraction of sp³-hybridized carbons (Fsp3) is 0.0500. The first-order valence-electron chi connectivity index (χ1n) is 9.01. The lowest BCUT2D eigenvalue weighted by Crippen LogP contribution is -2.25. The molecule has 0 spiro atoms. The van der Waals surface area contributed by atoms with Gasteiger partial charge in [0.05, 0.1) is 39.0 Å². The summed E-state index contributed by atoms with van der Waals surface area (Å²) in [6.07, 6.45) is 2.86. The van der Waals surface area contributed by atoms with Crippen LogP contribution in [0.2, 0.25) is 5.02 Å². The third kappa shape index (κ3) is 3.24. The van der Waals surface area contributed by atoms with Gasteiger partial charge in [0.15, 0.2) is 11.5 Å². The Bertz CT molecular complexity index is 1550. The van der Waals surface area contributed by atoms with E-state index >= 15 is 0 Å². The summed E-state index contributed by atoms with van der Waals surface area (Å²) in [6, 6.07) is 9.55. The summed E-state index contributed by atoms with van der Waals surface area (Å²) in [5.74, 6) is 0.0453. The molecule has 31 heavy (non-hydrogen) atoms. The Kier molecular flexibility index (Phi) is 4.67. The van der Waals surface area contributed by atoms with Gasteiger partial charge in [0.2, 0.25) is 0 Å². The third-order valence-electron chi connectivity index (χ3n) is 4.81. The van der Waals surface area contributed by atoms with E-state index in [0.717, 1.165) is 0 Å². The molecular weight excluding hydrogens is 489 g/mol. The fourth-order valence-electron chi connectivity index (χ4n) is 3.38. The molecule has 154 valence electrons. The first-order valence-corrected chi connectivity index (χ1v) is 10.2. The topological polar surface area (TPSA) is 105 Å². The van der Waals surface area contributed by atoms with Gasteiger partial charge in [-0.1, -0.05) is 23.7 Å². The SMILES string of the molecule is Nc1ncnc2c1ncn2Cc1nc2cc(F)c(Br)cc2c(=O)n1-c1ccccc1Cl. The van der Waals surface area contributed by atoms with Crippen LogP contribution in [0.25, 0.3) is 27.8 Å². The normalized spacial score (nSPS) is 11.5. The minimum Gasteiger partial charge on any atom is -0.382 e. The van der Waals surface area contributed by atoms with Crippen molar-refractivity contribution in [1.29, 1.82) is 0 Å². The highest BCUT2D eigenvalue weighted by Gasteiger charge is 2.18. The molecule has 11 heteroatoms.